The Morgan fingerprint density at radius 2 is 1.73 bits per heavy atom. The molecule has 1 aromatic rings. The van der Waals surface area contributed by atoms with Crippen LogP contribution in [0.1, 0.15) is 5.69 Å². The van der Waals surface area contributed by atoms with Crippen LogP contribution in [0.15, 0.2) is 57.7 Å². The van der Waals surface area contributed by atoms with Crippen molar-refractivity contribution in [1.29, 1.82) is 0 Å². The molecule has 0 atom stereocenters. The number of pyridine rings is 1. The third kappa shape index (κ3) is 4.19. The van der Waals surface area contributed by atoms with Crippen molar-refractivity contribution in [3.63, 3.8) is 0 Å². The molecule has 0 fully saturated rings. The van der Waals surface area contributed by atoms with E-state index in [0.29, 0.717) is 0 Å². The van der Waals surface area contributed by atoms with E-state index in [4.69, 9.17) is 0 Å². The molecule has 114 valence electrons. The Morgan fingerprint density at radius 1 is 0.955 bits per heavy atom. The van der Waals surface area contributed by atoms with Crippen molar-refractivity contribution < 1.29 is 0 Å². The average Bonchev–Trinajstić information content (AvgIpc) is 3.20. The summed E-state index contributed by atoms with van der Waals surface area (Å²) in [5.74, 6) is 0. The molecule has 3 rings (SSSR count). The molecular weight excluding hydrogens is 387 g/mol. The van der Waals surface area contributed by atoms with E-state index in [2.05, 4.69) is 35.1 Å². The highest BCUT2D eigenvalue weighted by Gasteiger charge is 2.25. The molecule has 0 amide bonds. The van der Waals surface area contributed by atoms with Crippen LogP contribution in [0, 0.1) is 0 Å². The zero-order valence-corrected chi connectivity index (χ0v) is 16.8. The Balaban J connectivity index is 1.65. The molecule has 22 heavy (non-hydrogen) atoms. The molecule has 0 saturated carbocycles. The number of thioether (sulfide) groups is 6. The van der Waals surface area contributed by atoms with Crippen LogP contribution in [0.2, 0.25) is 0 Å². The molecule has 0 aliphatic carbocycles. The topological polar surface area (TPSA) is 12.9 Å². The normalized spacial score (nSPS) is 18.7. The number of hydrogen-bond donors (Lipinski definition) is 0. The Kier molecular flexibility index (Phi) is 6.47. The number of aromatic nitrogens is 1. The maximum absolute atomic E-state index is 4.32. The van der Waals surface area contributed by atoms with Crippen LogP contribution in [-0.4, -0.2) is 17.5 Å². The average molecular weight is 400 g/mol. The lowest BCUT2D eigenvalue weighted by atomic mass is 10.3. The minimum atomic E-state index is 0.996. The quantitative estimate of drug-likeness (QED) is 0.540. The van der Waals surface area contributed by atoms with Crippen molar-refractivity contribution >= 4 is 76.6 Å². The lowest BCUT2D eigenvalue weighted by molar-refractivity contribution is 1.30. The van der Waals surface area contributed by atoms with Gasteiger partial charge in [-0.05, 0) is 42.2 Å². The number of allylic oxidation sites excluding steroid dienone is 1. The number of rotatable bonds is 4. The predicted molar refractivity (Wildman–Crippen MR) is 113 cm³/mol. The fourth-order valence-electron chi connectivity index (χ4n) is 1.68. The lowest BCUT2D eigenvalue weighted by Gasteiger charge is -2.01. The molecule has 0 radical (unpaired) electrons. The molecule has 0 bridgehead atoms. The van der Waals surface area contributed by atoms with Crippen LogP contribution < -0.4 is 0 Å². The first kappa shape index (κ1) is 17.0. The van der Waals surface area contributed by atoms with E-state index < -0.39 is 0 Å². The summed E-state index contributed by atoms with van der Waals surface area (Å²) in [6, 6.07) is 5.97. The summed E-state index contributed by atoms with van der Waals surface area (Å²) < 4.78 is 5.67. The Bertz CT molecular complexity index is 657. The second-order valence-corrected chi connectivity index (χ2v) is 10.8. The van der Waals surface area contributed by atoms with Gasteiger partial charge in [-0.25, -0.2) is 0 Å². The van der Waals surface area contributed by atoms with Crippen LogP contribution >= 0.6 is 70.6 Å². The van der Waals surface area contributed by atoms with Gasteiger partial charge in [0.05, 0.1) is 22.6 Å². The molecule has 7 heteroatoms. The fraction of sp³-hybridized carbons (Fsp3) is 0.133. The van der Waals surface area contributed by atoms with Crippen molar-refractivity contribution in [2.75, 3.05) is 12.5 Å². The molecule has 3 heterocycles. The zero-order chi connectivity index (χ0) is 15.4. The first-order valence-electron chi connectivity index (χ1n) is 6.36. The minimum Gasteiger partial charge on any atom is -0.257 e. The molecule has 0 aromatic carbocycles. The molecule has 2 aliphatic heterocycles. The first-order chi connectivity index (χ1) is 10.8. The molecule has 0 spiro atoms. The monoisotopic (exact) mass is 399 g/mol. The van der Waals surface area contributed by atoms with Gasteiger partial charge in [-0.15, -0.1) is 23.5 Å². The Labute approximate surface area is 156 Å². The molecule has 1 aromatic heterocycles. The molecule has 1 nitrogen and oxygen atoms in total. The van der Waals surface area contributed by atoms with Gasteiger partial charge in [-0.2, -0.15) is 0 Å². The third-order valence-corrected chi connectivity index (χ3v) is 10.8. The molecule has 0 saturated heterocycles. The van der Waals surface area contributed by atoms with Crippen LogP contribution in [-0.2, 0) is 0 Å². The van der Waals surface area contributed by atoms with Gasteiger partial charge in [0.15, 0.2) is 0 Å². The van der Waals surface area contributed by atoms with Gasteiger partial charge in [-0.3, -0.25) is 4.98 Å². The Hall–Kier alpha value is 0.210. The van der Waals surface area contributed by atoms with Crippen LogP contribution in [0.5, 0.6) is 0 Å². The predicted octanol–water partition coefficient (Wildman–Crippen LogP) is 6.88. The number of hydrogen-bond acceptors (Lipinski definition) is 7. The maximum Gasteiger partial charge on any atom is 0.0717 e. The third-order valence-electron chi connectivity index (χ3n) is 2.67. The fourth-order valence-corrected chi connectivity index (χ4v) is 9.16. The van der Waals surface area contributed by atoms with Gasteiger partial charge in [0.1, 0.15) is 0 Å². The largest absolute Gasteiger partial charge is 0.257 e. The van der Waals surface area contributed by atoms with Crippen molar-refractivity contribution in [2.45, 2.75) is 0 Å². The van der Waals surface area contributed by atoms with E-state index in [1.165, 1.54) is 21.9 Å². The SMILES string of the molecule is CSC1=C(SC)SC(=C2SC=C(/C=C/c3ccccn3)S2)S1. The molecule has 0 N–H and O–H groups in total. The molecule has 0 unspecified atom stereocenters. The summed E-state index contributed by atoms with van der Waals surface area (Å²) in [6.07, 6.45) is 10.3. The van der Waals surface area contributed by atoms with Gasteiger partial charge in [-0.1, -0.05) is 53.1 Å². The summed E-state index contributed by atoms with van der Waals surface area (Å²) in [6.45, 7) is 0. The summed E-state index contributed by atoms with van der Waals surface area (Å²) in [4.78, 5) is 5.60. The molecule has 2 aliphatic rings. The highest BCUT2D eigenvalue weighted by Crippen LogP contribution is 2.61. The number of nitrogens with zero attached hydrogens (tertiary/aromatic N) is 1. The zero-order valence-electron chi connectivity index (χ0n) is 11.9. The van der Waals surface area contributed by atoms with Crippen molar-refractivity contribution in [2.24, 2.45) is 0 Å². The highest BCUT2D eigenvalue weighted by atomic mass is 32.3. The van der Waals surface area contributed by atoms with Gasteiger partial charge in [0, 0.05) is 11.1 Å². The van der Waals surface area contributed by atoms with E-state index >= 15 is 0 Å². The van der Waals surface area contributed by atoms with Gasteiger partial charge in [0.25, 0.3) is 0 Å². The summed E-state index contributed by atoms with van der Waals surface area (Å²) in [7, 11) is 0. The minimum absolute atomic E-state index is 0.996. The highest BCUT2D eigenvalue weighted by molar-refractivity contribution is 8.42. The first-order valence-corrected chi connectivity index (χ1v) is 12.1. The Morgan fingerprint density at radius 3 is 2.36 bits per heavy atom. The van der Waals surface area contributed by atoms with Crippen LogP contribution in [0.3, 0.4) is 0 Å². The van der Waals surface area contributed by atoms with Crippen molar-refractivity contribution in [1.82, 2.24) is 4.98 Å². The second-order valence-electron chi connectivity index (χ2n) is 4.09. The van der Waals surface area contributed by atoms with E-state index in [0.717, 1.165) is 5.69 Å². The van der Waals surface area contributed by atoms with E-state index in [1.807, 2.05) is 95.0 Å². The van der Waals surface area contributed by atoms with Gasteiger partial charge in [0.2, 0.25) is 0 Å². The molecular formula is C15H13NS6. The van der Waals surface area contributed by atoms with Crippen LogP contribution in [0.25, 0.3) is 6.08 Å². The summed E-state index contributed by atoms with van der Waals surface area (Å²) >= 11 is 11.2. The smallest absolute Gasteiger partial charge is 0.0717 e. The summed E-state index contributed by atoms with van der Waals surface area (Å²) in [5.41, 5.74) is 0.996. The van der Waals surface area contributed by atoms with Crippen molar-refractivity contribution in [3.05, 3.63) is 63.4 Å². The second kappa shape index (κ2) is 8.35. The van der Waals surface area contributed by atoms with E-state index in [9.17, 15) is 0 Å². The maximum atomic E-state index is 4.32. The van der Waals surface area contributed by atoms with E-state index in [1.54, 1.807) is 0 Å². The van der Waals surface area contributed by atoms with Gasteiger partial charge < -0.3 is 0 Å². The van der Waals surface area contributed by atoms with E-state index in [-0.39, 0.29) is 0 Å². The lowest BCUT2D eigenvalue weighted by Crippen LogP contribution is -1.76. The summed E-state index contributed by atoms with van der Waals surface area (Å²) in [5, 5.41) is 2.23. The van der Waals surface area contributed by atoms with Gasteiger partial charge >= 0.3 is 0 Å². The van der Waals surface area contributed by atoms with Crippen molar-refractivity contribution in [3.8, 4) is 0 Å². The standard InChI is InChI=1S/C15H13NS6/c1-17-12-13(18-2)22-15(21-12)14-19-9-11(20-14)7-6-10-5-3-4-8-16-10/h3-9H,1-2H3/b7-6+. The van der Waals surface area contributed by atoms with Crippen LogP contribution in [0.4, 0.5) is 0 Å².